The Balaban J connectivity index is 2.26. The number of piperazine rings is 1. The topological polar surface area (TPSA) is 86.9 Å². The third-order valence-corrected chi connectivity index (χ3v) is 3.53. The second-order valence-corrected chi connectivity index (χ2v) is 4.93. The number of carboxylic acids is 1. The van der Waals surface area contributed by atoms with E-state index in [0.717, 1.165) is 13.1 Å². The van der Waals surface area contributed by atoms with Crippen molar-refractivity contribution in [2.45, 2.75) is 6.04 Å². The lowest BCUT2D eigenvalue weighted by molar-refractivity contribution is -0.384. The lowest BCUT2D eigenvalue weighted by Crippen LogP contribution is -2.47. The lowest BCUT2D eigenvalue weighted by Gasteiger charge is -2.36. The van der Waals surface area contributed by atoms with Crippen LogP contribution in [0.5, 0.6) is 0 Å². The van der Waals surface area contributed by atoms with E-state index >= 15 is 0 Å². The van der Waals surface area contributed by atoms with Crippen molar-refractivity contribution in [1.29, 1.82) is 0 Å². The number of carbonyl (C=O) groups is 1. The summed E-state index contributed by atoms with van der Waals surface area (Å²) < 4.78 is 0. The molecule has 0 bridgehead atoms. The Morgan fingerprint density at radius 1 is 1.35 bits per heavy atom. The van der Waals surface area contributed by atoms with E-state index in [0.29, 0.717) is 18.7 Å². The highest BCUT2D eigenvalue weighted by molar-refractivity contribution is 5.76. The molecule has 0 aliphatic carbocycles. The molecule has 0 aromatic heterocycles. The average molecular weight is 279 g/mol. The van der Waals surface area contributed by atoms with Crippen LogP contribution in [0.25, 0.3) is 0 Å². The number of nitro benzene ring substituents is 1. The van der Waals surface area contributed by atoms with Gasteiger partial charge < -0.3 is 10.0 Å². The van der Waals surface area contributed by atoms with Crippen LogP contribution in [0.1, 0.15) is 11.6 Å². The molecule has 1 N–H and O–H groups in total. The van der Waals surface area contributed by atoms with Gasteiger partial charge in [-0.2, -0.15) is 0 Å². The van der Waals surface area contributed by atoms with Crippen molar-refractivity contribution in [3.05, 3.63) is 39.9 Å². The molecule has 0 saturated carbocycles. The van der Waals surface area contributed by atoms with E-state index in [2.05, 4.69) is 4.90 Å². The molecule has 1 saturated heterocycles. The van der Waals surface area contributed by atoms with Crippen LogP contribution in [0.4, 0.5) is 5.69 Å². The summed E-state index contributed by atoms with van der Waals surface area (Å²) in [6.07, 6.45) is 0. The minimum atomic E-state index is -0.977. The average Bonchev–Trinajstić information content (AvgIpc) is 2.41. The summed E-state index contributed by atoms with van der Waals surface area (Å²) in [5, 5.41) is 20.3. The van der Waals surface area contributed by atoms with Crippen molar-refractivity contribution >= 4 is 11.7 Å². The van der Waals surface area contributed by atoms with Gasteiger partial charge in [-0.15, -0.1) is 0 Å². The molecule has 1 unspecified atom stereocenters. The van der Waals surface area contributed by atoms with Crippen LogP contribution < -0.4 is 0 Å². The predicted molar refractivity (Wildman–Crippen MR) is 72.5 cm³/mol. The quantitative estimate of drug-likeness (QED) is 0.652. The third-order valence-electron chi connectivity index (χ3n) is 3.53. The predicted octanol–water partition coefficient (Wildman–Crippen LogP) is 0.968. The zero-order chi connectivity index (χ0) is 14.7. The molecule has 20 heavy (non-hydrogen) atoms. The van der Waals surface area contributed by atoms with Crippen LogP contribution in [0, 0.1) is 10.1 Å². The zero-order valence-electron chi connectivity index (χ0n) is 11.2. The van der Waals surface area contributed by atoms with E-state index in [1.54, 1.807) is 6.07 Å². The standard InChI is InChI=1S/C13H17N3O4/c1-14-5-7-15(8-6-14)12(13(17)18)10-3-2-4-11(9-10)16(19)20/h2-4,9,12H,5-8H2,1H3,(H,17,18). The lowest BCUT2D eigenvalue weighted by atomic mass is 10.0. The maximum atomic E-state index is 11.5. The largest absolute Gasteiger partial charge is 0.480 e. The molecule has 1 atom stereocenters. The molecule has 0 spiro atoms. The zero-order valence-corrected chi connectivity index (χ0v) is 11.2. The highest BCUT2D eigenvalue weighted by atomic mass is 16.6. The van der Waals surface area contributed by atoms with E-state index in [1.807, 2.05) is 11.9 Å². The molecule has 0 radical (unpaired) electrons. The van der Waals surface area contributed by atoms with Gasteiger partial charge in [0.15, 0.2) is 0 Å². The first kappa shape index (κ1) is 14.4. The molecule has 1 heterocycles. The highest BCUT2D eigenvalue weighted by Crippen LogP contribution is 2.25. The minimum absolute atomic E-state index is 0.0807. The van der Waals surface area contributed by atoms with Crippen molar-refractivity contribution in [3.8, 4) is 0 Å². The molecular weight excluding hydrogens is 262 g/mol. The number of rotatable bonds is 4. The van der Waals surface area contributed by atoms with E-state index < -0.39 is 16.9 Å². The number of hydrogen-bond acceptors (Lipinski definition) is 5. The first-order chi connectivity index (χ1) is 9.49. The third kappa shape index (κ3) is 3.12. The molecule has 1 aliphatic heterocycles. The van der Waals surface area contributed by atoms with Gasteiger partial charge >= 0.3 is 5.97 Å². The Hall–Kier alpha value is -1.99. The summed E-state index contributed by atoms with van der Waals surface area (Å²) in [7, 11) is 1.99. The van der Waals surface area contributed by atoms with Crippen LogP contribution in [0.15, 0.2) is 24.3 Å². The first-order valence-electron chi connectivity index (χ1n) is 6.39. The molecule has 2 rings (SSSR count). The number of hydrogen-bond donors (Lipinski definition) is 1. The van der Waals surface area contributed by atoms with Crippen LogP contribution in [-0.4, -0.2) is 59.0 Å². The maximum Gasteiger partial charge on any atom is 0.325 e. The fourth-order valence-electron chi connectivity index (χ4n) is 2.40. The highest BCUT2D eigenvalue weighted by Gasteiger charge is 2.30. The minimum Gasteiger partial charge on any atom is -0.480 e. The Labute approximate surface area is 116 Å². The number of non-ortho nitro benzene ring substituents is 1. The number of carboxylic acid groups (broad SMARTS) is 1. The molecular formula is C13H17N3O4. The van der Waals surface area contributed by atoms with Gasteiger partial charge in [0.2, 0.25) is 0 Å². The Kier molecular flexibility index (Phi) is 4.31. The van der Waals surface area contributed by atoms with E-state index in [1.165, 1.54) is 18.2 Å². The SMILES string of the molecule is CN1CCN(C(C(=O)O)c2cccc([N+](=O)[O-])c2)CC1. The van der Waals surface area contributed by atoms with Crippen LogP contribution >= 0.6 is 0 Å². The van der Waals surface area contributed by atoms with E-state index in [-0.39, 0.29) is 5.69 Å². The van der Waals surface area contributed by atoms with Gasteiger partial charge in [0.1, 0.15) is 6.04 Å². The first-order valence-corrected chi connectivity index (χ1v) is 6.39. The van der Waals surface area contributed by atoms with Crippen molar-refractivity contribution in [2.24, 2.45) is 0 Å². The summed E-state index contributed by atoms with van der Waals surface area (Å²) in [5.41, 5.74) is 0.374. The summed E-state index contributed by atoms with van der Waals surface area (Å²) in [6.45, 7) is 2.85. The van der Waals surface area contributed by atoms with Crippen LogP contribution in [0.3, 0.4) is 0 Å². The maximum absolute atomic E-state index is 11.5. The number of benzene rings is 1. The van der Waals surface area contributed by atoms with Crippen molar-refractivity contribution in [3.63, 3.8) is 0 Å². The summed E-state index contributed by atoms with van der Waals surface area (Å²) >= 11 is 0. The van der Waals surface area contributed by atoms with Gasteiger partial charge in [0.25, 0.3) is 5.69 Å². The second-order valence-electron chi connectivity index (χ2n) is 4.93. The van der Waals surface area contributed by atoms with Crippen LogP contribution in [-0.2, 0) is 4.79 Å². The van der Waals surface area contributed by atoms with Crippen LogP contribution in [0.2, 0.25) is 0 Å². The number of likely N-dealkylation sites (N-methyl/N-ethyl adjacent to an activating group) is 1. The molecule has 0 amide bonds. The molecule has 1 aromatic rings. The molecule has 7 nitrogen and oxygen atoms in total. The van der Waals surface area contributed by atoms with E-state index in [9.17, 15) is 20.0 Å². The van der Waals surface area contributed by atoms with Gasteiger partial charge in [-0.1, -0.05) is 12.1 Å². The second kappa shape index (κ2) is 5.98. The summed E-state index contributed by atoms with van der Waals surface area (Å²) in [6, 6.07) is 5.04. The van der Waals surface area contributed by atoms with Gasteiger partial charge in [-0.3, -0.25) is 19.8 Å². The Bertz CT molecular complexity index is 512. The summed E-state index contributed by atoms with van der Waals surface area (Å²) in [5.74, 6) is -0.977. The van der Waals surface area contributed by atoms with Gasteiger partial charge in [-0.05, 0) is 12.6 Å². The van der Waals surface area contributed by atoms with E-state index in [4.69, 9.17) is 0 Å². The Morgan fingerprint density at radius 3 is 2.55 bits per heavy atom. The number of aliphatic carboxylic acids is 1. The van der Waals surface area contributed by atoms with Crippen molar-refractivity contribution < 1.29 is 14.8 Å². The van der Waals surface area contributed by atoms with Gasteiger partial charge in [-0.25, -0.2) is 0 Å². The molecule has 108 valence electrons. The van der Waals surface area contributed by atoms with Gasteiger partial charge in [0.05, 0.1) is 4.92 Å². The van der Waals surface area contributed by atoms with Crippen molar-refractivity contribution in [2.75, 3.05) is 33.2 Å². The van der Waals surface area contributed by atoms with Crippen molar-refractivity contribution in [1.82, 2.24) is 9.80 Å². The monoisotopic (exact) mass is 279 g/mol. The Morgan fingerprint density at radius 2 is 2.00 bits per heavy atom. The van der Waals surface area contributed by atoms with Gasteiger partial charge in [0, 0.05) is 38.3 Å². The number of nitro groups is 1. The smallest absolute Gasteiger partial charge is 0.325 e. The fraction of sp³-hybridized carbons (Fsp3) is 0.462. The molecule has 1 aromatic carbocycles. The molecule has 1 fully saturated rings. The normalized spacial score (nSPS) is 18.6. The fourth-order valence-corrected chi connectivity index (χ4v) is 2.40. The number of nitrogens with zero attached hydrogens (tertiary/aromatic N) is 3. The molecule has 1 aliphatic rings. The summed E-state index contributed by atoms with van der Waals surface area (Å²) in [4.78, 5) is 25.8. The molecule has 7 heteroatoms.